The van der Waals surface area contributed by atoms with Crippen LogP contribution in [0.4, 0.5) is 13.2 Å². The lowest BCUT2D eigenvalue weighted by Crippen LogP contribution is -2.26. The van der Waals surface area contributed by atoms with E-state index in [2.05, 4.69) is 4.74 Å². The van der Waals surface area contributed by atoms with Crippen LogP contribution in [0.2, 0.25) is 0 Å². The summed E-state index contributed by atoms with van der Waals surface area (Å²) < 4.78 is 61.0. The van der Waals surface area contributed by atoms with Gasteiger partial charge in [0.25, 0.3) is 15.6 Å². The Balaban J connectivity index is 3.36. The van der Waals surface area contributed by atoms with Crippen LogP contribution in [0.15, 0.2) is 15.9 Å². The zero-order valence-electron chi connectivity index (χ0n) is 8.33. The van der Waals surface area contributed by atoms with Gasteiger partial charge in [-0.2, -0.15) is 0 Å². The summed E-state index contributed by atoms with van der Waals surface area (Å²) in [4.78, 5) is 12.9. The van der Waals surface area contributed by atoms with Crippen LogP contribution >= 0.6 is 0 Å². The molecule has 17 heavy (non-hydrogen) atoms. The highest BCUT2D eigenvalue weighted by molar-refractivity contribution is 7.89. The number of aromatic amines is 1. The summed E-state index contributed by atoms with van der Waals surface area (Å²) >= 11 is 0. The Hall–Kier alpha value is -1.55. The van der Waals surface area contributed by atoms with Crippen LogP contribution in [0.1, 0.15) is 5.56 Å². The van der Waals surface area contributed by atoms with Crippen molar-refractivity contribution in [3.63, 3.8) is 0 Å². The molecule has 0 aliphatic carbocycles. The third-order valence-corrected chi connectivity index (χ3v) is 2.51. The van der Waals surface area contributed by atoms with Crippen molar-refractivity contribution < 1.29 is 26.3 Å². The molecule has 0 atom stereocenters. The van der Waals surface area contributed by atoms with Gasteiger partial charge in [0.05, 0.1) is 0 Å². The average Bonchev–Trinajstić information content (AvgIpc) is 2.07. The molecule has 1 heterocycles. The number of nitrogens with two attached hydrogens (primary N) is 1. The van der Waals surface area contributed by atoms with Crippen LogP contribution in [-0.4, -0.2) is 19.8 Å². The van der Waals surface area contributed by atoms with Crippen molar-refractivity contribution >= 4 is 10.0 Å². The fourth-order valence-corrected chi connectivity index (χ4v) is 1.62. The van der Waals surface area contributed by atoms with Crippen molar-refractivity contribution in [3.05, 3.63) is 22.0 Å². The average molecular weight is 272 g/mol. The van der Waals surface area contributed by atoms with Gasteiger partial charge in [-0.05, 0) is 13.0 Å². The molecule has 0 saturated heterocycles. The summed E-state index contributed by atoms with van der Waals surface area (Å²) in [6.07, 6.45) is -5.04. The summed E-state index contributed by atoms with van der Waals surface area (Å²) in [5.41, 5.74) is -1.62. The first kappa shape index (κ1) is 13.5. The molecule has 0 aliphatic rings. The van der Waals surface area contributed by atoms with E-state index in [9.17, 15) is 26.4 Å². The maximum Gasteiger partial charge on any atom is 0.573 e. The number of hydrogen-bond acceptors (Lipinski definition) is 4. The van der Waals surface area contributed by atoms with Crippen molar-refractivity contribution in [2.24, 2.45) is 5.14 Å². The molecule has 0 fully saturated rings. The second-order valence-corrected chi connectivity index (χ2v) is 4.60. The van der Waals surface area contributed by atoms with Crippen LogP contribution in [-0.2, 0) is 10.0 Å². The molecule has 0 aromatic carbocycles. The Bertz CT molecular complexity index is 590. The molecule has 6 nitrogen and oxygen atoms in total. The number of halogens is 3. The Morgan fingerprint density at radius 1 is 1.41 bits per heavy atom. The number of ether oxygens (including phenoxy) is 1. The van der Waals surface area contributed by atoms with E-state index in [0.717, 1.165) is 13.0 Å². The van der Waals surface area contributed by atoms with E-state index in [1.807, 2.05) is 0 Å². The van der Waals surface area contributed by atoms with Gasteiger partial charge in [0.2, 0.25) is 0 Å². The molecule has 0 unspecified atom stereocenters. The number of hydrogen-bond donors (Lipinski definition) is 2. The number of aromatic nitrogens is 1. The minimum absolute atomic E-state index is 0.296. The summed E-state index contributed by atoms with van der Waals surface area (Å²) in [6.45, 7) is 1.09. The molecule has 0 radical (unpaired) electrons. The number of alkyl halides is 3. The normalized spacial score (nSPS) is 12.5. The van der Waals surface area contributed by atoms with Gasteiger partial charge in [-0.25, -0.2) is 13.6 Å². The molecule has 1 rings (SSSR count). The lowest BCUT2D eigenvalue weighted by Gasteiger charge is -2.10. The van der Waals surface area contributed by atoms with Gasteiger partial charge in [-0.1, -0.05) is 0 Å². The first-order valence-electron chi connectivity index (χ1n) is 4.03. The SMILES string of the molecule is Cc1cc(S(N)(=O)=O)[nH]c(=O)c1OC(F)(F)F. The lowest BCUT2D eigenvalue weighted by molar-refractivity contribution is -0.275. The number of nitrogens with one attached hydrogen (secondary N) is 1. The monoisotopic (exact) mass is 272 g/mol. The Morgan fingerprint density at radius 3 is 2.29 bits per heavy atom. The minimum Gasteiger partial charge on any atom is -0.400 e. The van der Waals surface area contributed by atoms with Crippen molar-refractivity contribution in [3.8, 4) is 5.75 Å². The number of primary sulfonamides is 1. The predicted octanol–water partition coefficient (Wildman–Crippen LogP) is 0.229. The van der Waals surface area contributed by atoms with Gasteiger partial charge >= 0.3 is 6.36 Å². The Kier molecular flexibility index (Phi) is 3.21. The fourth-order valence-electron chi connectivity index (χ4n) is 1.04. The van der Waals surface area contributed by atoms with Crippen LogP contribution < -0.4 is 15.4 Å². The Labute approximate surface area is 93.3 Å². The van der Waals surface area contributed by atoms with E-state index in [-0.39, 0.29) is 5.56 Å². The van der Waals surface area contributed by atoms with Crippen LogP contribution in [0, 0.1) is 6.92 Å². The zero-order chi connectivity index (χ0) is 13.4. The summed E-state index contributed by atoms with van der Waals surface area (Å²) in [5.74, 6) is -1.02. The molecule has 0 aliphatic heterocycles. The van der Waals surface area contributed by atoms with Gasteiger partial charge in [0, 0.05) is 5.56 Å². The summed E-state index contributed by atoms with van der Waals surface area (Å²) in [5, 5.41) is 4.03. The first-order valence-corrected chi connectivity index (χ1v) is 5.58. The van der Waals surface area contributed by atoms with Crippen LogP contribution in [0.5, 0.6) is 5.75 Å². The van der Waals surface area contributed by atoms with E-state index < -0.39 is 32.7 Å². The van der Waals surface area contributed by atoms with Gasteiger partial charge in [0.1, 0.15) is 0 Å². The molecule has 96 valence electrons. The van der Waals surface area contributed by atoms with E-state index in [0.29, 0.717) is 0 Å². The molecule has 0 bridgehead atoms. The lowest BCUT2D eigenvalue weighted by atomic mass is 10.3. The number of pyridine rings is 1. The third kappa shape index (κ3) is 3.46. The minimum atomic E-state index is -5.04. The molecule has 1 aromatic rings. The molecular weight excluding hydrogens is 265 g/mol. The van der Waals surface area contributed by atoms with Crippen molar-refractivity contribution in [2.75, 3.05) is 0 Å². The number of sulfonamides is 1. The van der Waals surface area contributed by atoms with Crippen molar-refractivity contribution in [1.82, 2.24) is 4.98 Å². The fraction of sp³-hybridized carbons (Fsp3) is 0.286. The standard InChI is InChI=1S/C7H7F3N2O4S/c1-3-2-4(17(11,14)15)12-6(13)5(3)16-7(8,9)10/h2H,1H3,(H,12,13)(H2,11,14,15). The van der Waals surface area contributed by atoms with Crippen molar-refractivity contribution in [2.45, 2.75) is 18.3 Å². The smallest absolute Gasteiger partial charge is 0.400 e. The van der Waals surface area contributed by atoms with E-state index in [1.54, 1.807) is 4.98 Å². The third-order valence-electron chi connectivity index (χ3n) is 1.67. The van der Waals surface area contributed by atoms with Gasteiger partial charge in [0.15, 0.2) is 10.8 Å². The second kappa shape index (κ2) is 4.04. The summed E-state index contributed by atoms with van der Waals surface area (Å²) in [7, 11) is -4.20. The van der Waals surface area contributed by atoms with E-state index in [1.165, 1.54) is 0 Å². The first-order chi connectivity index (χ1) is 7.50. The number of H-pyrrole nitrogens is 1. The molecule has 0 amide bonds. The number of aryl methyl sites for hydroxylation is 1. The highest BCUT2D eigenvalue weighted by Crippen LogP contribution is 2.23. The maximum atomic E-state index is 11.9. The maximum absolute atomic E-state index is 11.9. The summed E-state index contributed by atoms with van der Waals surface area (Å²) in [6, 6.07) is 0.776. The molecular formula is C7H7F3N2O4S. The van der Waals surface area contributed by atoms with Crippen LogP contribution in [0.3, 0.4) is 0 Å². The molecule has 0 spiro atoms. The zero-order valence-corrected chi connectivity index (χ0v) is 9.15. The Morgan fingerprint density at radius 2 is 1.94 bits per heavy atom. The number of rotatable bonds is 2. The predicted molar refractivity (Wildman–Crippen MR) is 49.9 cm³/mol. The van der Waals surface area contributed by atoms with Gasteiger partial charge in [-0.3, -0.25) is 4.79 Å². The highest BCUT2D eigenvalue weighted by atomic mass is 32.2. The molecule has 1 aromatic heterocycles. The highest BCUT2D eigenvalue weighted by Gasteiger charge is 2.33. The second-order valence-electron chi connectivity index (χ2n) is 3.07. The van der Waals surface area contributed by atoms with Crippen LogP contribution in [0.25, 0.3) is 0 Å². The quantitative estimate of drug-likeness (QED) is 0.804. The largest absolute Gasteiger partial charge is 0.573 e. The molecule has 10 heteroatoms. The molecule has 0 saturated carbocycles. The van der Waals surface area contributed by atoms with Gasteiger partial charge in [-0.15, -0.1) is 13.2 Å². The van der Waals surface area contributed by atoms with E-state index in [4.69, 9.17) is 5.14 Å². The topological polar surface area (TPSA) is 102 Å². The molecule has 3 N–H and O–H groups in total. The van der Waals surface area contributed by atoms with Gasteiger partial charge < -0.3 is 9.72 Å². The van der Waals surface area contributed by atoms with Crippen molar-refractivity contribution in [1.29, 1.82) is 0 Å². The van der Waals surface area contributed by atoms with E-state index >= 15 is 0 Å².